The maximum atomic E-state index is 11.6. The number of ether oxygens (including phenoxy) is 1. The van der Waals surface area contributed by atoms with E-state index >= 15 is 0 Å². The number of benzene rings is 1. The van der Waals surface area contributed by atoms with Gasteiger partial charge in [-0.05, 0) is 30.2 Å². The molecule has 0 bridgehead atoms. The van der Waals surface area contributed by atoms with Gasteiger partial charge in [-0.15, -0.1) is 0 Å². The Labute approximate surface area is 116 Å². The summed E-state index contributed by atoms with van der Waals surface area (Å²) in [7, 11) is 0. The van der Waals surface area contributed by atoms with Crippen molar-refractivity contribution in [3.05, 3.63) is 29.3 Å². The molecule has 0 radical (unpaired) electrons. The molecule has 1 aromatic carbocycles. The quantitative estimate of drug-likeness (QED) is 0.837. The van der Waals surface area contributed by atoms with Crippen LogP contribution in [0.2, 0.25) is 5.02 Å². The van der Waals surface area contributed by atoms with Crippen LogP contribution in [-0.4, -0.2) is 29.6 Å². The van der Waals surface area contributed by atoms with Crippen molar-refractivity contribution in [2.75, 3.05) is 6.61 Å². The molecule has 0 aliphatic rings. The highest BCUT2D eigenvalue weighted by molar-refractivity contribution is 6.30. The fourth-order valence-corrected chi connectivity index (χ4v) is 1.53. The van der Waals surface area contributed by atoms with Crippen LogP contribution in [0.3, 0.4) is 0 Å². The molecular weight excluding hydrogens is 270 g/mol. The molecule has 1 aromatic rings. The number of halogens is 1. The van der Waals surface area contributed by atoms with Crippen LogP contribution in [0.15, 0.2) is 24.3 Å². The molecule has 19 heavy (non-hydrogen) atoms. The van der Waals surface area contributed by atoms with Crippen molar-refractivity contribution < 1.29 is 19.4 Å². The van der Waals surface area contributed by atoms with Gasteiger partial charge in [-0.3, -0.25) is 4.79 Å². The molecule has 0 heterocycles. The normalized spacial score (nSPS) is 12.0. The average Bonchev–Trinajstić information content (AvgIpc) is 2.34. The number of carboxylic acid groups (broad SMARTS) is 1. The van der Waals surface area contributed by atoms with Crippen LogP contribution in [-0.2, 0) is 9.59 Å². The van der Waals surface area contributed by atoms with Crippen LogP contribution >= 0.6 is 11.6 Å². The number of amides is 1. The first-order valence-electron chi connectivity index (χ1n) is 5.80. The van der Waals surface area contributed by atoms with Crippen molar-refractivity contribution >= 4 is 23.5 Å². The van der Waals surface area contributed by atoms with Crippen molar-refractivity contribution in [3.8, 4) is 5.75 Å². The Kier molecular flexibility index (Phi) is 5.63. The maximum Gasteiger partial charge on any atom is 0.326 e. The summed E-state index contributed by atoms with van der Waals surface area (Å²) in [6.07, 6.45) is 0. The third-order valence-electron chi connectivity index (χ3n) is 2.43. The molecule has 0 aliphatic heterocycles. The number of rotatable bonds is 6. The number of carboxylic acids is 1. The summed E-state index contributed by atoms with van der Waals surface area (Å²) in [5, 5.41) is 11.9. The number of carbonyl (C=O) groups is 2. The molecule has 104 valence electrons. The minimum Gasteiger partial charge on any atom is -0.484 e. The van der Waals surface area contributed by atoms with E-state index < -0.39 is 17.9 Å². The fraction of sp³-hybridized carbons (Fsp3) is 0.385. The van der Waals surface area contributed by atoms with Crippen LogP contribution in [0.4, 0.5) is 0 Å². The number of aliphatic carboxylic acids is 1. The van der Waals surface area contributed by atoms with Crippen LogP contribution in [0, 0.1) is 5.92 Å². The highest BCUT2D eigenvalue weighted by atomic mass is 35.5. The molecule has 0 aromatic heterocycles. The van der Waals surface area contributed by atoms with Gasteiger partial charge in [-0.25, -0.2) is 4.79 Å². The molecule has 6 heteroatoms. The molecule has 2 N–H and O–H groups in total. The van der Waals surface area contributed by atoms with Crippen molar-refractivity contribution in [1.29, 1.82) is 0 Å². The van der Waals surface area contributed by atoms with Crippen LogP contribution < -0.4 is 10.1 Å². The third-order valence-corrected chi connectivity index (χ3v) is 2.68. The summed E-state index contributed by atoms with van der Waals surface area (Å²) in [5.41, 5.74) is 0. The Morgan fingerprint density at radius 3 is 2.37 bits per heavy atom. The second kappa shape index (κ2) is 6.99. The molecule has 0 saturated heterocycles. The number of nitrogens with one attached hydrogen (secondary N) is 1. The Bertz CT molecular complexity index is 444. The molecule has 0 aliphatic carbocycles. The molecule has 0 saturated carbocycles. The van der Waals surface area contributed by atoms with E-state index in [1.165, 1.54) is 0 Å². The smallest absolute Gasteiger partial charge is 0.326 e. The Hall–Kier alpha value is -1.75. The minimum atomic E-state index is -1.06. The molecule has 5 nitrogen and oxygen atoms in total. The van der Waals surface area contributed by atoms with Gasteiger partial charge < -0.3 is 15.2 Å². The van der Waals surface area contributed by atoms with Gasteiger partial charge in [-0.1, -0.05) is 25.4 Å². The number of carbonyl (C=O) groups excluding carboxylic acids is 1. The first-order chi connectivity index (χ1) is 8.90. The predicted molar refractivity (Wildman–Crippen MR) is 71.4 cm³/mol. The second-order valence-corrected chi connectivity index (χ2v) is 4.81. The lowest BCUT2D eigenvalue weighted by Crippen LogP contribution is -2.46. The zero-order valence-electron chi connectivity index (χ0n) is 10.7. The lowest BCUT2D eigenvalue weighted by molar-refractivity contribution is -0.143. The molecular formula is C13H16ClNO4. The number of hydrogen-bond acceptors (Lipinski definition) is 3. The second-order valence-electron chi connectivity index (χ2n) is 4.37. The highest BCUT2D eigenvalue weighted by Gasteiger charge is 2.23. The standard InChI is InChI=1S/C13H16ClNO4/c1-8(2)12(13(17)18)15-11(16)7-19-10-5-3-9(14)4-6-10/h3-6,8,12H,7H2,1-2H3,(H,15,16)(H,17,18)/t12-/m0/s1. The Morgan fingerprint density at radius 1 is 1.32 bits per heavy atom. The van der Waals surface area contributed by atoms with Gasteiger partial charge in [0.15, 0.2) is 6.61 Å². The zero-order valence-corrected chi connectivity index (χ0v) is 11.5. The molecule has 0 fully saturated rings. The lowest BCUT2D eigenvalue weighted by Gasteiger charge is -2.17. The van der Waals surface area contributed by atoms with E-state index in [0.29, 0.717) is 10.8 Å². The van der Waals surface area contributed by atoms with E-state index in [4.69, 9.17) is 21.4 Å². The Balaban J connectivity index is 2.47. The summed E-state index contributed by atoms with van der Waals surface area (Å²) in [4.78, 5) is 22.5. The van der Waals surface area contributed by atoms with Crippen molar-refractivity contribution in [3.63, 3.8) is 0 Å². The van der Waals surface area contributed by atoms with Gasteiger partial charge >= 0.3 is 5.97 Å². The first-order valence-corrected chi connectivity index (χ1v) is 6.18. The van der Waals surface area contributed by atoms with Gasteiger partial charge in [0.05, 0.1) is 0 Å². The van der Waals surface area contributed by atoms with E-state index in [1.54, 1.807) is 38.1 Å². The van der Waals surface area contributed by atoms with Gasteiger partial charge in [0.2, 0.25) is 0 Å². The van der Waals surface area contributed by atoms with Gasteiger partial charge in [0.25, 0.3) is 5.91 Å². The summed E-state index contributed by atoms with van der Waals surface area (Å²) < 4.78 is 5.22. The molecule has 0 spiro atoms. The molecule has 0 unspecified atom stereocenters. The molecule has 1 amide bonds. The largest absolute Gasteiger partial charge is 0.484 e. The monoisotopic (exact) mass is 285 g/mol. The van der Waals surface area contributed by atoms with E-state index in [-0.39, 0.29) is 12.5 Å². The lowest BCUT2D eigenvalue weighted by atomic mass is 10.1. The number of hydrogen-bond donors (Lipinski definition) is 2. The van der Waals surface area contributed by atoms with E-state index in [2.05, 4.69) is 5.32 Å². The van der Waals surface area contributed by atoms with Crippen LogP contribution in [0.5, 0.6) is 5.75 Å². The minimum absolute atomic E-state index is 0.197. The summed E-state index contributed by atoms with van der Waals surface area (Å²) in [6.45, 7) is 3.20. The highest BCUT2D eigenvalue weighted by Crippen LogP contribution is 2.15. The van der Waals surface area contributed by atoms with Crippen LogP contribution in [0.1, 0.15) is 13.8 Å². The van der Waals surface area contributed by atoms with Gasteiger partial charge in [-0.2, -0.15) is 0 Å². The average molecular weight is 286 g/mol. The van der Waals surface area contributed by atoms with Crippen LogP contribution in [0.25, 0.3) is 0 Å². The van der Waals surface area contributed by atoms with Crippen molar-refractivity contribution in [2.45, 2.75) is 19.9 Å². The van der Waals surface area contributed by atoms with Crippen molar-refractivity contribution in [2.24, 2.45) is 5.92 Å². The fourth-order valence-electron chi connectivity index (χ4n) is 1.41. The SMILES string of the molecule is CC(C)[C@H](NC(=O)COc1ccc(Cl)cc1)C(=O)O. The summed E-state index contributed by atoms with van der Waals surface area (Å²) >= 11 is 5.71. The first kappa shape index (κ1) is 15.3. The molecule has 1 atom stereocenters. The van der Waals surface area contributed by atoms with E-state index in [1.807, 2.05) is 0 Å². The van der Waals surface area contributed by atoms with E-state index in [0.717, 1.165) is 0 Å². The Morgan fingerprint density at radius 2 is 1.89 bits per heavy atom. The van der Waals surface area contributed by atoms with Gasteiger partial charge in [0, 0.05) is 5.02 Å². The van der Waals surface area contributed by atoms with E-state index in [9.17, 15) is 9.59 Å². The van der Waals surface area contributed by atoms with Gasteiger partial charge in [0.1, 0.15) is 11.8 Å². The topological polar surface area (TPSA) is 75.6 Å². The predicted octanol–water partition coefficient (Wildman–Crippen LogP) is 1.94. The van der Waals surface area contributed by atoms with Crippen molar-refractivity contribution in [1.82, 2.24) is 5.32 Å². The maximum absolute atomic E-state index is 11.6. The summed E-state index contributed by atoms with van der Waals surface area (Å²) in [6, 6.07) is 5.63. The molecule has 1 rings (SSSR count). The third kappa shape index (κ3) is 5.18. The zero-order chi connectivity index (χ0) is 14.4. The summed E-state index contributed by atoms with van der Waals surface area (Å²) in [5.74, 6) is -1.24.